The third-order valence-electron chi connectivity index (χ3n) is 5.86. The number of aromatic nitrogens is 1. The van der Waals surface area contributed by atoms with E-state index in [0.29, 0.717) is 12.3 Å². The normalized spacial score (nSPS) is 15.3. The summed E-state index contributed by atoms with van der Waals surface area (Å²) in [6, 6.07) is 18.7. The molecule has 1 aliphatic rings. The van der Waals surface area contributed by atoms with Gasteiger partial charge < -0.3 is 13.8 Å². The van der Waals surface area contributed by atoms with E-state index in [1.807, 2.05) is 11.0 Å². The van der Waals surface area contributed by atoms with Crippen molar-refractivity contribution in [2.75, 3.05) is 26.2 Å². The maximum Gasteiger partial charge on any atom is 0.292 e. The summed E-state index contributed by atoms with van der Waals surface area (Å²) in [5.41, 5.74) is 4.56. The summed E-state index contributed by atoms with van der Waals surface area (Å²) in [7, 11) is 0. The number of rotatable bonds is 4. The zero-order valence-electron chi connectivity index (χ0n) is 17.6. The highest BCUT2D eigenvalue weighted by Gasteiger charge is 2.23. The van der Waals surface area contributed by atoms with Crippen LogP contribution in [0.15, 0.2) is 69.7 Å². The first kappa shape index (κ1) is 19.6. The molecule has 4 aromatic rings. The standard InChI is InChI=1S/C25H25N3O3/c1-18-3-5-19(6-4-18)20-7-8-23-21(15-20)16-22(30-23)17-27-11-2-12-28(14-13-27)25(29)24-9-10-26-31-24/h3-10,15-16H,2,11-14,17H2,1H3. The third kappa shape index (κ3) is 4.25. The van der Waals surface area contributed by atoms with Gasteiger partial charge in [-0.25, -0.2) is 0 Å². The zero-order valence-corrected chi connectivity index (χ0v) is 17.6. The second-order valence-corrected chi connectivity index (χ2v) is 8.13. The Hall–Kier alpha value is -3.38. The second kappa shape index (κ2) is 8.40. The van der Waals surface area contributed by atoms with Crippen LogP contribution in [0.5, 0.6) is 0 Å². The van der Waals surface area contributed by atoms with Crippen molar-refractivity contribution in [1.29, 1.82) is 0 Å². The van der Waals surface area contributed by atoms with Crippen molar-refractivity contribution in [1.82, 2.24) is 15.0 Å². The Labute approximate surface area is 181 Å². The molecular formula is C25H25N3O3. The Morgan fingerprint density at radius 1 is 0.968 bits per heavy atom. The van der Waals surface area contributed by atoms with Gasteiger partial charge in [0, 0.05) is 37.6 Å². The van der Waals surface area contributed by atoms with Gasteiger partial charge in [-0.05, 0) is 42.7 Å². The zero-order chi connectivity index (χ0) is 21.2. The van der Waals surface area contributed by atoms with E-state index in [4.69, 9.17) is 8.94 Å². The van der Waals surface area contributed by atoms with Gasteiger partial charge in [-0.1, -0.05) is 41.1 Å². The second-order valence-electron chi connectivity index (χ2n) is 8.13. The molecule has 6 heteroatoms. The summed E-state index contributed by atoms with van der Waals surface area (Å²) >= 11 is 0. The predicted octanol–water partition coefficient (Wildman–Crippen LogP) is 4.74. The number of fused-ring (bicyclic) bond motifs is 1. The van der Waals surface area contributed by atoms with Gasteiger partial charge in [0.25, 0.3) is 5.91 Å². The number of amides is 1. The van der Waals surface area contributed by atoms with Crippen LogP contribution in [-0.2, 0) is 6.54 Å². The number of carbonyl (C=O) groups excluding carboxylic acids is 1. The Morgan fingerprint density at radius 3 is 2.61 bits per heavy atom. The molecule has 1 fully saturated rings. The first-order valence-electron chi connectivity index (χ1n) is 10.7. The van der Waals surface area contributed by atoms with Crippen molar-refractivity contribution >= 4 is 16.9 Å². The van der Waals surface area contributed by atoms with Gasteiger partial charge in [-0.2, -0.15) is 0 Å². The molecule has 0 saturated carbocycles. The van der Waals surface area contributed by atoms with Crippen LogP contribution in [-0.4, -0.2) is 47.0 Å². The number of furan rings is 1. The van der Waals surface area contributed by atoms with Crippen molar-refractivity contribution in [2.24, 2.45) is 0 Å². The molecule has 0 atom stereocenters. The van der Waals surface area contributed by atoms with E-state index in [9.17, 15) is 4.79 Å². The topological polar surface area (TPSA) is 62.7 Å². The lowest BCUT2D eigenvalue weighted by molar-refractivity contribution is 0.0719. The van der Waals surface area contributed by atoms with Gasteiger partial charge >= 0.3 is 0 Å². The van der Waals surface area contributed by atoms with Crippen molar-refractivity contribution in [3.05, 3.63) is 77.9 Å². The Morgan fingerprint density at radius 2 is 1.81 bits per heavy atom. The van der Waals surface area contributed by atoms with Crippen LogP contribution in [0.1, 0.15) is 28.3 Å². The maximum absolute atomic E-state index is 12.5. The summed E-state index contributed by atoms with van der Waals surface area (Å²) in [4.78, 5) is 16.7. The fraction of sp³-hybridized carbons (Fsp3) is 0.280. The minimum atomic E-state index is -0.0910. The lowest BCUT2D eigenvalue weighted by atomic mass is 10.0. The maximum atomic E-state index is 12.5. The molecule has 2 aromatic carbocycles. The van der Waals surface area contributed by atoms with E-state index < -0.39 is 0 Å². The van der Waals surface area contributed by atoms with Crippen molar-refractivity contribution < 1.29 is 13.7 Å². The van der Waals surface area contributed by atoms with Gasteiger partial charge in [0.05, 0.1) is 12.7 Å². The molecule has 1 amide bonds. The van der Waals surface area contributed by atoms with Crippen molar-refractivity contribution in [2.45, 2.75) is 19.9 Å². The van der Waals surface area contributed by atoms with Gasteiger partial charge in [-0.3, -0.25) is 9.69 Å². The molecule has 2 aromatic heterocycles. The lowest BCUT2D eigenvalue weighted by Gasteiger charge is -2.20. The Balaban J connectivity index is 1.27. The number of hydrogen-bond donors (Lipinski definition) is 0. The van der Waals surface area contributed by atoms with E-state index in [1.54, 1.807) is 6.07 Å². The number of hydrogen-bond acceptors (Lipinski definition) is 5. The molecule has 0 aliphatic carbocycles. The van der Waals surface area contributed by atoms with Gasteiger partial charge in [0.2, 0.25) is 5.76 Å². The number of benzene rings is 2. The highest BCUT2D eigenvalue weighted by molar-refractivity contribution is 5.91. The molecule has 1 aliphatic heterocycles. The fourth-order valence-corrected chi connectivity index (χ4v) is 4.14. The SMILES string of the molecule is Cc1ccc(-c2ccc3oc(CN4CCCN(C(=O)c5ccno5)CC4)cc3c2)cc1. The minimum absolute atomic E-state index is 0.0910. The van der Waals surface area contributed by atoms with E-state index in [-0.39, 0.29) is 5.91 Å². The number of carbonyl (C=O) groups is 1. The molecule has 5 rings (SSSR count). The molecule has 0 N–H and O–H groups in total. The van der Waals surface area contributed by atoms with E-state index in [2.05, 4.69) is 59.4 Å². The molecule has 31 heavy (non-hydrogen) atoms. The van der Waals surface area contributed by atoms with E-state index >= 15 is 0 Å². The van der Waals surface area contributed by atoms with Gasteiger partial charge in [0.15, 0.2) is 0 Å². The Bertz CT molecular complexity index is 1180. The molecule has 0 radical (unpaired) electrons. The van der Waals surface area contributed by atoms with Crippen LogP contribution >= 0.6 is 0 Å². The molecule has 3 heterocycles. The largest absolute Gasteiger partial charge is 0.460 e. The average Bonchev–Trinajstić information content (AvgIpc) is 3.39. The number of nitrogens with zero attached hydrogens (tertiary/aromatic N) is 3. The quantitative estimate of drug-likeness (QED) is 0.482. The van der Waals surface area contributed by atoms with E-state index in [1.165, 1.54) is 22.9 Å². The summed E-state index contributed by atoms with van der Waals surface area (Å²) in [5.74, 6) is 1.16. The van der Waals surface area contributed by atoms with Crippen molar-refractivity contribution in [3.8, 4) is 11.1 Å². The van der Waals surface area contributed by atoms with Gasteiger partial charge in [0.1, 0.15) is 11.3 Å². The number of aryl methyl sites for hydroxylation is 1. The molecule has 0 spiro atoms. The van der Waals surface area contributed by atoms with E-state index in [0.717, 1.165) is 49.3 Å². The summed E-state index contributed by atoms with van der Waals surface area (Å²) < 4.78 is 11.1. The van der Waals surface area contributed by atoms with Crippen LogP contribution in [0, 0.1) is 6.92 Å². The third-order valence-corrected chi connectivity index (χ3v) is 5.86. The first-order valence-corrected chi connectivity index (χ1v) is 10.7. The molecule has 158 valence electrons. The van der Waals surface area contributed by atoms with Crippen LogP contribution in [0.2, 0.25) is 0 Å². The summed E-state index contributed by atoms with van der Waals surface area (Å²) in [6.07, 6.45) is 2.42. The average molecular weight is 415 g/mol. The fourth-order valence-electron chi connectivity index (χ4n) is 4.14. The molecule has 6 nitrogen and oxygen atoms in total. The molecule has 1 saturated heterocycles. The van der Waals surface area contributed by atoms with Crippen LogP contribution in [0.25, 0.3) is 22.1 Å². The minimum Gasteiger partial charge on any atom is -0.460 e. The summed E-state index contributed by atoms with van der Waals surface area (Å²) in [6.45, 7) is 5.94. The van der Waals surface area contributed by atoms with Crippen LogP contribution in [0.3, 0.4) is 0 Å². The van der Waals surface area contributed by atoms with Crippen LogP contribution in [0.4, 0.5) is 0 Å². The molecular weight excluding hydrogens is 390 g/mol. The monoisotopic (exact) mass is 415 g/mol. The Kier molecular flexibility index (Phi) is 5.30. The first-order chi connectivity index (χ1) is 15.2. The molecule has 0 unspecified atom stereocenters. The highest BCUT2D eigenvalue weighted by atomic mass is 16.5. The highest BCUT2D eigenvalue weighted by Crippen LogP contribution is 2.27. The predicted molar refractivity (Wildman–Crippen MR) is 119 cm³/mol. The molecule has 0 bridgehead atoms. The van der Waals surface area contributed by atoms with Gasteiger partial charge in [-0.15, -0.1) is 0 Å². The van der Waals surface area contributed by atoms with Crippen LogP contribution < -0.4 is 0 Å². The smallest absolute Gasteiger partial charge is 0.292 e. The summed E-state index contributed by atoms with van der Waals surface area (Å²) in [5, 5.41) is 4.75. The lowest BCUT2D eigenvalue weighted by Crippen LogP contribution is -2.34. The van der Waals surface area contributed by atoms with Crippen molar-refractivity contribution in [3.63, 3.8) is 0 Å².